The Hall–Kier alpha value is -4.26. The van der Waals surface area contributed by atoms with E-state index in [1.165, 1.54) is 6.92 Å². The second-order valence-electron chi connectivity index (χ2n) is 17.0. The average Bonchev–Trinajstić information content (AvgIpc) is 3.95. The number of fused-ring (bicyclic) bond motifs is 13. The van der Waals surface area contributed by atoms with Crippen molar-refractivity contribution in [1.29, 1.82) is 0 Å². The highest BCUT2D eigenvalue weighted by atomic mass is 32.2. The van der Waals surface area contributed by atoms with Gasteiger partial charge >= 0.3 is 5.97 Å². The molecule has 6 aliphatic rings. The van der Waals surface area contributed by atoms with E-state index >= 15 is 0 Å². The van der Waals surface area contributed by atoms with E-state index in [1.54, 1.807) is 26.0 Å². The molecule has 2 fully saturated rings. The fraction of sp³-hybridized carbons (Fsp3) is 0.512. The number of nitrogens with one attached hydrogen (secondary N) is 2. The molecule has 1 aromatic heterocycles. The molecule has 0 saturated carbocycles. The maximum Gasteiger partial charge on any atom is 0.308 e. The minimum absolute atomic E-state index is 0.0464. The molecule has 6 aliphatic heterocycles. The predicted molar refractivity (Wildman–Crippen MR) is 218 cm³/mol. The number of piperazine rings is 1. The Kier molecular flexibility index (Phi) is 8.99. The molecule has 3 unspecified atom stereocenters. The zero-order valence-electron chi connectivity index (χ0n) is 34.2. The van der Waals surface area contributed by atoms with E-state index in [-0.39, 0.29) is 31.7 Å². The van der Waals surface area contributed by atoms with Gasteiger partial charge in [-0.1, -0.05) is 0 Å². The normalized spacial score (nSPS) is 30.5. The van der Waals surface area contributed by atoms with Crippen molar-refractivity contribution in [2.24, 2.45) is 5.73 Å². The van der Waals surface area contributed by atoms with Crippen molar-refractivity contribution < 1.29 is 48.5 Å². The summed E-state index contributed by atoms with van der Waals surface area (Å²) in [6.45, 7) is 7.75. The number of carbonyl (C=O) groups is 1. The van der Waals surface area contributed by atoms with Crippen molar-refractivity contribution in [2.75, 3.05) is 47.0 Å². The predicted octanol–water partition coefficient (Wildman–Crippen LogP) is 4.22. The summed E-state index contributed by atoms with van der Waals surface area (Å²) in [5.74, 6) is 2.03. The highest BCUT2D eigenvalue weighted by molar-refractivity contribution is 7.98. The number of ether oxygens (including phenoxy) is 6. The Morgan fingerprint density at radius 2 is 1.90 bits per heavy atom. The third-order valence-electron chi connectivity index (χ3n) is 13.9. The first-order valence-corrected chi connectivity index (χ1v) is 21.4. The lowest BCUT2D eigenvalue weighted by molar-refractivity contribution is -0.208. The van der Waals surface area contributed by atoms with Crippen molar-refractivity contribution >= 4 is 28.6 Å². The number of nitrogens with two attached hydrogens (primary N) is 1. The Balaban J connectivity index is 1.14. The summed E-state index contributed by atoms with van der Waals surface area (Å²) in [6, 6.07) is 5.45. The molecule has 2 saturated heterocycles. The van der Waals surface area contributed by atoms with Crippen LogP contribution in [0.4, 0.5) is 0 Å². The van der Waals surface area contributed by atoms with Crippen molar-refractivity contribution in [3.05, 3.63) is 68.9 Å². The lowest BCUT2D eigenvalue weighted by Crippen LogP contribution is -2.66. The molecular formula is C43H51N5O10S. The van der Waals surface area contributed by atoms with Crippen LogP contribution in [0.2, 0.25) is 0 Å². The van der Waals surface area contributed by atoms with Crippen molar-refractivity contribution in [1.82, 2.24) is 20.1 Å². The summed E-state index contributed by atoms with van der Waals surface area (Å²) < 4.78 is 36.5. The van der Waals surface area contributed by atoms with E-state index in [9.17, 15) is 20.1 Å². The highest BCUT2D eigenvalue weighted by Crippen LogP contribution is 2.70. The number of hydrogen-bond acceptors (Lipinski definition) is 15. The number of rotatable bonds is 9. The lowest BCUT2D eigenvalue weighted by atomic mass is 9.75. The van der Waals surface area contributed by atoms with Gasteiger partial charge in [0.05, 0.1) is 44.2 Å². The molecule has 0 amide bonds. The molecule has 0 aliphatic carbocycles. The number of nitrogens with zero attached hydrogens (tertiary/aromatic N) is 2. The van der Waals surface area contributed by atoms with E-state index in [0.717, 1.165) is 50.2 Å². The molecule has 7 N–H and O–H groups in total. The number of hydrogen-bond donors (Lipinski definition) is 6. The van der Waals surface area contributed by atoms with Crippen LogP contribution in [-0.2, 0) is 21.5 Å². The zero-order valence-corrected chi connectivity index (χ0v) is 35.0. The Labute approximate surface area is 346 Å². The summed E-state index contributed by atoms with van der Waals surface area (Å²) in [4.78, 5) is 20.9. The summed E-state index contributed by atoms with van der Waals surface area (Å²) >= 11 is 1.57. The number of aryl methyl sites for hydroxylation is 1. The van der Waals surface area contributed by atoms with Gasteiger partial charge in [0.1, 0.15) is 17.2 Å². The molecule has 0 radical (unpaired) electrons. The van der Waals surface area contributed by atoms with Crippen molar-refractivity contribution in [3.63, 3.8) is 0 Å². The number of benzene rings is 3. The van der Waals surface area contributed by atoms with Crippen LogP contribution in [-0.4, -0.2) is 107 Å². The first kappa shape index (κ1) is 38.9. The van der Waals surface area contributed by atoms with Gasteiger partial charge in [-0.2, -0.15) is 11.8 Å². The van der Waals surface area contributed by atoms with Crippen LogP contribution in [0, 0.1) is 13.8 Å². The summed E-state index contributed by atoms with van der Waals surface area (Å²) in [6.07, 6.45) is 1.61. The maximum absolute atomic E-state index is 13.2. The van der Waals surface area contributed by atoms with Crippen molar-refractivity contribution in [3.8, 4) is 34.5 Å². The van der Waals surface area contributed by atoms with Gasteiger partial charge in [0, 0.05) is 82.9 Å². The van der Waals surface area contributed by atoms with Gasteiger partial charge in [0.25, 0.3) is 0 Å². The monoisotopic (exact) mass is 829 g/mol. The van der Waals surface area contributed by atoms with Crippen LogP contribution in [0.1, 0.15) is 88.3 Å². The molecule has 2 bridgehead atoms. The average molecular weight is 830 g/mol. The highest BCUT2D eigenvalue weighted by Gasteiger charge is 2.71. The molecular weight excluding hydrogens is 779 g/mol. The van der Waals surface area contributed by atoms with Gasteiger partial charge in [-0.05, 0) is 74.4 Å². The van der Waals surface area contributed by atoms with Gasteiger partial charge in [0.2, 0.25) is 6.79 Å². The van der Waals surface area contributed by atoms with Gasteiger partial charge in [0.15, 0.2) is 29.3 Å². The Morgan fingerprint density at radius 1 is 1.12 bits per heavy atom. The van der Waals surface area contributed by atoms with Crippen LogP contribution in [0.25, 0.3) is 10.9 Å². The minimum Gasteiger partial charge on any atom is -0.504 e. The first-order chi connectivity index (χ1) is 28.3. The van der Waals surface area contributed by atoms with E-state index in [0.29, 0.717) is 53.5 Å². The summed E-state index contributed by atoms with van der Waals surface area (Å²) in [5.41, 5.74) is 11.5. The molecule has 9 atom stereocenters. The lowest BCUT2D eigenvalue weighted by Gasteiger charge is -2.58. The van der Waals surface area contributed by atoms with E-state index in [2.05, 4.69) is 33.1 Å². The number of aromatic amines is 1. The number of aromatic nitrogens is 1. The largest absolute Gasteiger partial charge is 0.504 e. The third kappa shape index (κ3) is 5.30. The number of aliphatic hydroxyl groups excluding tert-OH is 1. The second kappa shape index (κ2) is 13.6. The summed E-state index contributed by atoms with van der Waals surface area (Å²) in [7, 11) is 3.19. The number of thioether (sulfide) groups is 1. The molecule has 3 aromatic carbocycles. The first-order valence-electron chi connectivity index (χ1n) is 20.1. The van der Waals surface area contributed by atoms with Crippen LogP contribution in [0.15, 0.2) is 24.3 Å². The third-order valence-corrected chi connectivity index (χ3v) is 14.9. The number of H-pyrrole nitrogens is 1. The molecule has 59 heavy (non-hydrogen) atoms. The van der Waals surface area contributed by atoms with Gasteiger partial charge in [-0.3, -0.25) is 14.6 Å². The summed E-state index contributed by atoms with van der Waals surface area (Å²) in [5, 5.41) is 41.6. The number of aromatic hydroxyl groups is 1. The minimum atomic E-state index is -1.39. The molecule has 314 valence electrons. The molecule has 10 rings (SSSR count). The van der Waals surface area contributed by atoms with Crippen LogP contribution in [0.3, 0.4) is 0 Å². The fourth-order valence-electron chi connectivity index (χ4n) is 11.6. The topological polar surface area (TPSA) is 193 Å². The van der Waals surface area contributed by atoms with Crippen LogP contribution in [0.5, 0.6) is 34.5 Å². The van der Waals surface area contributed by atoms with E-state index in [1.807, 2.05) is 38.3 Å². The van der Waals surface area contributed by atoms with E-state index in [4.69, 9.17) is 34.2 Å². The zero-order chi connectivity index (χ0) is 41.4. The number of aliphatic hydroxyl groups is 2. The number of phenols is 1. The quantitative estimate of drug-likeness (QED) is 0.0798. The Bertz CT molecular complexity index is 2430. The maximum atomic E-state index is 13.2. The molecule has 4 aromatic rings. The van der Waals surface area contributed by atoms with Gasteiger partial charge < -0.3 is 59.8 Å². The molecule has 16 heteroatoms. The number of esters is 1. The van der Waals surface area contributed by atoms with Crippen molar-refractivity contribution in [2.45, 2.75) is 93.5 Å². The number of methoxy groups -OCH3 is 2. The second-order valence-corrected chi connectivity index (χ2v) is 18.0. The van der Waals surface area contributed by atoms with Gasteiger partial charge in [-0.25, -0.2) is 0 Å². The fourth-order valence-corrected chi connectivity index (χ4v) is 12.7. The van der Waals surface area contributed by atoms with Crippen LogP contribution < -0.4 is 34.7 Å². The Morgan fingerprint density at radius 3 is 2.61 bits per heavy atom. The number of phenolic OH excluding ortho intramolecular Hbond substituents is 1. The number of carbonyl (C=O) groups excluding carboxylic acids is 1. The standard InChI is InChI=1S/C43H51N5O10S/c1-18-10-25-28(35(50)36(18)54-6)33-34-40(59-7)30-29(39-38(56-17-57-39)19(2)37(30)58-20(3)49)27(48(34)43(52)15-42(25,4)47(33)16-43)14-55-41(51)32-31-24(11-21(13-44)45-32)23-12-22(53-5)8-9-26(23)46-31/h8-10,12,21,27,32-34,40-41,45-46,50-52H,11,13-17,44H2,1-7H3/t21-,27+,32-,33-,34-,40-,41?,42?,43?/m1/s1. The van der Waals surface area contributed by atoms with E-state index < -0.39 is 52.9 Å². The molecule has 0 spiro atoms. The smallest absolute Gasteiger partial charge is 0.308 e. The molecule has 7 heterocycles. The SMILES string of the molecule is COc1ccc2[nH]c3c(c2c1)C[C@H](CN)N[C@H]3C(O)OC[C@H]1c2c3c(c(C)c(OC(C)=O)c2[C@@H](SC)[C@H]2[C@H]4c5c(cc(C)c(OC)c5O)C5(C)CC(O)(CN45)N21)OCO3. The molecule has 15 nitrogen and oxygen atoms in total. The van der Waals surface area contributed by atoms with Gasteiger partial charge in [-0.15, -0.1) is 0 Å². The van der Waals surface area contributed by atoms with Crippen LogP contribution >= 0.6 is 11.8 Å².